The van der Waals surface area contributed by atoms with Crippen molar-refractivity contribution in [2.75, 3.05) is 5.32 Å². The highest BCUT2D eigenvalue weighted by atomic mass is 16.2. The van der Waals surface area contributed by atoms with E-state index in [1.165, 1.54) is 25.7 Å². The lowest BCUT2D eigenvalue weighted by molar-refractivity contribution is -0.118. The van der Waals surface area contributed by atoms with E-state index >= 15 is 0 Å². The SMILES string of the molecule is CC(C)C(=O)Nc1cccc(CNC(=O)N[C@@H](C)[C@@H]2C[C@H]3CC[C@H]2C3)c1. The summed E-state index contributed by atoms with van der Waals surface area (Å²) in [5.74, 6) is 2.26. The van der Waals surface area contributed by atoms with E-state index in [1.54, 1.807) is 0 Å². The van der Waals surface area contributed by atoms with Gasteiger partial charge in [-0.3, -0.25) is 4.79 Å². The number of nitrogens with one attached hydrogen (secondary N) is 3. The lowest BCUT2D eigenvalue weighted by Gasteiger charge is -2.28. The zero-order valence-corrected chi connectivity index (χ0v) is 16.0. The molecule has 5 heteroatoms. The minimum absolute atomic E-state index is 0.00691. The normalized spacial score (nSPS) is 25.2. The summed E-state index contributed by atoms with van der Waals surface area (Å²) in [6, 6.07) is 7.72. The van der Waals surface area contributed by atoms with Gasteiger partial charge in [-0.05, 0) is 61.6 Å². The molecule has 1 aromatic carbocycles. The van der Waals surface area contributed by atoms with E-state index in [0.717, 1.165) is 23.1 Å². The molecule has 2 bridgehead atoms. The molecular formula is C21H31N3O2. The van der Waals surface area contributed by atoms with E-state index in [9.17, 15) is 9.59 Å². The second-order valence-corrected chi connectivity index (χ2v) is 8.30. The first-order valence-corrected chi connectivity index (χ1v) is 9.86. The molecule has 3 rings (SSSR count). The third-order valence-electron chi connectivity index (χ3n) is 5.97. The predicted molar refractivity (Wildman–Crippen MR) is 104 cm³/mol. The molecule has 3 amide bonds. The molecule has 142 valence electrons. The highest BCUT2D eigenvalue weighted by Crippen LogP contribution is 2.49. The molecular weight excluding hydrogens is 326 g/mol. The zero-order chi connectivity index (χ0) is 18.7. The third-order valence-corrected chi connectivity index (χ3v) is 5.97. The van der Waals surface area contributed by atoms with Gasteiger partial charge in [0.25, 0.3) is 0 Å². The van der Waals surface area contributed by atoms with Crippen molar-refractivity contribution in [2.24, 2.45) is 23.7 Å². The smallest absolute Gasteiger partial charge is 0.315 e. The van der Waals surface area contributed by atoms with Gasteiger partial charge in [-0.25, -0.2) is 4.79 Å². The minimum Gasteiger partial charge on any atom is -0.335 e. The van der Waals surface area contributed by atoms with Crippen molar-refractivity contribution < 1.29 is 9.59 Å². The van der Waals surface area contributed by atoms with Crippen LogP contribution in [0.1, 0.15) is 52.0 Å². The van der Waals surface area contributed by atoms with Gasteiger partial charge in [-0.15, -0.1) is 0 Å². The van der Waals surface area contributed by atoms with Gasteiger partial charge in [0.2, 0.25) is 5.91 Å². The fraction of sp³-hybridized carbons (Fsp3) is 0.619. The Morgan fingerprint density at radius 3 is 2.62 bits per heavy atom. The molecule has 26 heavy (non-hydrogen) atoms. The van der Waals surface area contributed by atoms with E-state index in [1.807, 2.05) is 38.1 Å². The largest absolute Gasteiger partial charge is 0.335 e. The maximum Gasteiger partial charge on any atom is 0.315 e. The van der Waals surface area contributed by atoms with Crippen LogP contribution in [-0.4, -0.2) is 18.0 Å². The Morgan fingerprint density at radius 1 is 1.15 bits per heavy atom. The van der Waals surface area contributed by atoms with E-state index in [4.69, 9.17) is 0 Å². The van der Waals surface area contributed by atoms with Crippen molar-refractivity contribution in [1.29, 1.82) is 0 Å². The Balaban J connectivity index is 1.46. The first-order chi connectivity index (χ1) is 12.4. The summed E-state index contributed by atoms with van der Waals surface area (Å²) in [4.78, 5) is 24.0. The molecule has 1 aromatic rings. The Hall–Kier alpha value is -2.04. The number of hydrogen-bond donors (Lipinski definition) is 3. The number of fused-ring (bicyclic) bond motifs is 2. The Labute approximate surface area is 156 Å². The Bertz CT molecular complexity index is 658. The van der Waals surface area contributed by atoms with Crippen LogP contribution in [0.4, 0.5) is 10.5 Å². The molecule has 5 nitrogen and oxygen atoms in total. The van der Waals surface area contributed by atoms with Crippen LogP contribution in [0.5, 0.6) is 0 Å². The van der Waals surface area contributed by atoms with Crippen LogP contribution < -0.4 is 16.0 Å². The molecule has 4 atom stereocenters. The number of benzene rings is 1. The molecule has 0 saturated heterocycles. The van der Waals surface area contributed by atoms with Crippen molar-refractivity contribution in [2.45, 2.75) is 59.0 Å². The number of carbonyl (C=O) groups excluding carboxylic acids is 2. The van der Waals surface area contributed by atoms with Crippen LogP contribution in [0.3, 0.4) is 0 Å². The van der Waals surface area contributed by atoms with Gasteiger partial charge < -0.3 is 16.0 Å². The molecule has 0 aromatic heterocycles. The molecule has 0 aliphatic heterocycles. The number of amides is 3. The molecule has 0 heterocycles. The van der Waals surface area contributed by atoms with Crippen molar-refractivity contribution in [3.63, 3.8) is 0 Å². The van der Waals surface area contributed by atoms with Crippen molar-refractivity contribution in [1.82, 2.24) is 10.6 Å². The fourth-order valence-corrected chi connectivity index (χ4v) is 4.50. The molecule has 2 saturated carbocycles. The zero-order valence-electron chi connectivity index (χ0n) is 16.0. The Morgan fingerprint density at radius 2 is 1.96 bits per heavy atom. The standard InChI is InChI=1S/C21H31N3O2/c1-13(2)20(25)24-18-6-4-5-16(10-18)12-22-21(26)23-14(3)19-11-15-7-8-17(19)9-15/h4-6,10,13-15,17,19H,7-9,11-12H2,1-3H3,(H,24,25)(H2,22,23,26)/t14-,15-,17-,19-/m0/s1. The summed E-state index contributed by atoms with van der Waals surface area (Å²) in [6.07, 6.45) is 5.33. The van der Waals surface area contributed by atoms with Crippen LogP contribution in [0, 0.1) is 23.7 Å². The van der Waals surface area contributed by atoms with Crippen molar-refractivity contribution in [3.8, 4) is 0 Å². The van der Waals surface area contributed by atoms with Crippen LogP contribution in [0.2, 0.25) is 0 Å². The molecule has 2 aliphatic rings. The van der Waals surface area contributed by atoms with Gasteiger partial charge in [0.05, 0.1) is 0 Å². The first-order valence-electron chi connectivity index (χ1n) is 9.86. The maximum atomic E-state index is 12.2. The molecule has 0 unspecified atom stereocenters. The highest BCUT2D eigenvalue weighted by Gasteiger charge is 2.42. The summed E-state index contributed by atoms with van der Waals surface area (Å²) in [5, 5.41) is 8.94. The lowest BCUT2D eigenvalue weighted by atomic mass is 9.84. The molecule has 2 fully saturated rings. The number of hydrogen-bond acceptors (Lipinski definition) is 2. The number of carbonyl (C=O) groups is 2. The van der Waals surface area contributed by atoms with Crippen molar-refractivity contribution >= 4 is 17.6 Å². The van der Waals surface area contributed by atoms with E-state index in [-0.39, 0.29) is 23.9 Å². The average molecular weight is 357 g/mol. The number of urea groups is 1. The van der Waals surface area contributed by atoms with Crippen LogP contribution >= 0.6 is 0 Å². The second kappa shape index (κ2) is 8.11. The van der Waals surface area contributed by atoms with Gasteiger partial charge in [-0.1, -0.05) is 32.4 Å². The first kappa shape index (κ1) is 18.7. The summed E-state index contributed by atoms with van der Waals surface area (Å²) in [5.41, 5.74) is 1.73. The summed E-state index contributed by atoms with van der Waals surface area (Å²) < 4.78 is 0. The van der Waals surface area contributed by atoms with E-state index in [0.29, 0.717) is 12.5 Å². The minimum atomic E-state index is -0.114. The number of anilines is 1. The predicted octanol–water partition coefficient (Wildman–Crippen LogP) is 3.91. The summed E-state index contributed by atoms with van der Waals surface area (Å²) in [7, 11) is 0. The second-order valence-electron chi connectivity index (χ2n) is 8.30. The van der Waals surface area contributed by atoms with Gasteiger partial charge in [-0.2, -0.15) is 0 Å². The van der Waals surface area contributed by atoms with Crippen molar-refractivity contribution in [3.05, 3.63) is 29.8 Å². The van der Waals surface area contributed by atoms with Crippen LogP contribution in [0.25, 0.3) is 0 Å². The third kappa shape index (κ3) is 4.57. The van der Waals surface area contributed by atoms with Crippen LogP contribution in [-0.2, 0) is 11.3 Å². The number of rotatable bonds is 6. The Kier molecular flexibility index (Phi) is 5.84. The molecule has 0 radical (unpaired) electrons. The quantitative estimate of drug-likeness (QED) is 0.722. The van der Waals surface area contributed by atoms with Gasteiger partial charge in [0.15, 0.2) is 0 Å². The maximum absolute atomic E-state index is 12.2. The highest BCUT2D eigenvalue weighted by molar-refractivity contribution is 5.92. The van der Waals surface area contributed by atoms with Gasteiger partial charge in [0.1, 0.15) is 0 Å². The van der Waals surface area contributed by atoms with Crippen LogP contribution in [0.15, 0.2) is 24.3 Å². The lowest BCUT2D eigenvalue weighted by Crippen LogP contribution is -2.45. The molecule has 2 aliphatic carbocycles. The monoisotopic (exact) mass is 357 g/mol. The summed E-state index contributed by atoms with van der Waals surface area (Å²) >= 11 is 0. The molecule has 3 N–H and O–H groups in total. The van der Waals surface area contributed by atoms with Gasteiger partial charge >= 0.3 is 6.03 Å². The fourth-order valence-electron chi connectivity index (χ4n) is 4.50. The van der Waals surface area contributed by atoms with E-state index < -0.39 is 0 Å². The topological polar surface area (TPSA) is 70.2 Å². The average Bonchev–Trinajstić information content (AvgIpc) is 3.23. The van der Waals surface area contributed by atoms with E-state index in [2.05, 4.69) is 22.9 Å². The summed E-state index contributed by atoms with van der Waals surface area (Å²) in [6.45, 7) is 6.30. The molecule has 0 spiro atoms. The van der Waals surface area contributed by atoms with Gasteiger partial charge in [0, 0.05) is 24.2 Å².